The van der Waals surface area contributed by atoms with Gasteiger partial charge in [-0.3, -0.25) is 9.59 Å². The minimum Gasteiger partial charge on any atom is -0.369 e. The van der Waals surface area contributed by atoms with E-state index in [0.717, 1.165) is 18.4 Å². The lowest BCUT2D eigenvalue weighted by Gasteiger charge is -2.36. The second-order valence-corrected chi connectivity index (χ2v) is 6.08. The smallest absolute Gasteiger partial charge is 0.246 e. The number of hydrogen-bond acceptors (Lipinski definition) is 5. The van der Waals surface area contributed by atoms with E-state index in [0.29, 0.717) is 12.4 Å². The summed E-state index contributed by atoms with van der Waals surface area (Å²) in [6, 6.07) is 9.52. The SMILES string of the molecule is CC1CCC(C(N)=O)CN1C(=O)Cn1nnc(-c2ccccc2)n1. The minimum atomic E-state index is -0.357. The fourth-order valence-electron chi connectivity index (χ4n) is 2.91. The first kappa shape index (κ1) is 16.1. The monoisotopic (exact) mass is 328 g/mol. The first-order valence-corrected chi connectivity index (χ1v) is 7.96. The third-order valence-electron chi connectivity index (χ3n) is 4.37. The number of tetrazole rings is 1. The first-order valence-electron chi connectivity index (χ1n) is 7.96. The van der Waals surface area contributed by atoms with Crippen molar-refractivity contribution < 1.29 is 9.59 Å². The third-order valence-corrected chi connectivity index (χ3v) is 4.37. The standard InChI is InChI=1S/C16H20N6O2/c1-11-7-8-13(15(17)24)9-21(11)14(23)10-22-19-16(18-20-22)12-5-3-2-4-6-12/h2-6,11,13H,7-10H2,1H3,(H2,17,24). The molecule has 1 aliphatic heterocycles. The molecule has 1 aromatic carbocycles. The van der Waals surface area contributed by atoms with E-state index in [1.54, 1.807) is 4.90 Å². The van der Waals surface area contributed by atoms with Crippen molar-refractivity contribution in [3.05, 3.63) is 30.3 Å². The van der Waals surface area contributed by atoms with Gasteiger partial charge in [-0.05, 0) is 25.0 Å². The highest BCUT2D eigenvalue weighted by molar-refractivity contribution is 5.80. The number of carbonyl (C=O) groups is 2. The van der Waals surface area contributed by atoms with Crippen molar-refractivity contribution in [2.24, 2.45) is 11.7 Å². The molecule has 0 saturated carbocycles. The van der Waals surface area contributed by atoms with Crippen molar-refractivity contribution in [1.29, 1.82) is 0 Å². The van der Waals surface area contributed by atoms with Crippen molar-refractivity contribution >= 4 is 11.8 Å². The molecule has 8 heteroatoms. The van der Waals surface area contributed by atoms with Crippen LogP contribution in [0.1, 0.15) is 19.8 Å². The molecule has 2 unspecified atom stereocenters. The van der Waals surface area contributed by atoms with E-state index < -0.39 is 0 Å². The molecule has 2 amide bonds. The molecule has 8 nitrogen and oxygen atoms in total. The van der Waals surface area contributed by atoms with Gasteiger partial charge in [0.05, 0.1) is 5.92 Å². The quantitative estimate of drug-likeness (QED) is 0.877. The van der Waals surface area contributed by atoms with Gasteiger partial charge in [-0.15, -0.1) is 10.2 Å². The normalized spacial score (nSPS) is 20.8. The van der Waals surface area contributed by atoms with E-state index in [2.05, 4.69) is 15.4 Å². The van der Waals surface area contributed by atoms with Crippen molar-refractivity contribution in [2.75, 3.05) is 6.54 Å². The van der Waals surface area contributed by atoms with Gasteiger partial charge in [0.15, 0.2) is 0 Å². The molecule has 3 rings (SSSR count). The van der Waals surface area contributed by atoms with Gasteiger partial charge in [0.25, 0.3) is 0 Å². The molecule has 2 atom stereocenters. The molecule has 126 valence electrons. The Hall–Kier alpha value is -2.77. The fourth-order valence-corrected chi connectivity index (χ4v) is 2.91. The third kappa shape index (κ3) is 3.42. The molecule has 0 aliphatic carbocycles. The molecular formula is C16H20N6O2. The lowest BCUT2D eigenvalue weighted by Crippen LogP contribution is -2.49. The van der Waals surface area contributed by atoms with Crippen LogP contribution in [-0.4, -0.2) is 49.5 Å². The molecule has 1 fully saturated rings. The Morgan fingerprint density at radius 1 is 1.25 bits per heavy atom. The second-order valence-electron chi connectivity index (χ2n) is 6.08. The molecular weight excluding hydrogens is 308 g/mol. The summed E-state index contributed by atoms with van der Waals surface area (Å²) >= 11 is 0. The summed E-state index contributed by atoms with van der Waals surface area (Å²) in [5, 5.41) is 12.2. The van der Waals surface area contributed by atoms with Crippen LogP contribution < -0.4 is 5.73 Å². The number of primary amides is 1. The van der Waals surface area contributed by atoms with E-state index in [-0.39, 0.29) is 30.3 Å². The summed E-state index contributed by atoms with van der Waals surface area (Å²) in [5.74, 6) is -0.297. The summed E-state index contributed by atoms with van der Waals surface area (Å²) in [6.45, 7) is 2.32. The van der Waals surface area contributed by atoms with Crippen molar-refractivity contribution in [3.63, 3.8) is 0 Å². The number of nitrogens with zero attached hydrogens (tertiary/aromatic N) is 5. The molecule has 2 aromatic rings. The van der Waals surface area contributed by atoms with Crippen molar-refractivity contribution in [2.45, 2.75) is 32.4 Å². The van der Waals surface area contributed by atoms with Crippen LogP contribution in [0.2, 0.25) is 0 Å². The Balaban J connectivity index is 1.68. The van der Waals surface area contributed by atoms with Crippen LogP contribution in [0, 0.1) is 5.92 Å². The highest BCUT2D eigenvalue weighted by atomic mass is 16.2. The van der Waals surface area contributed by atoms with Crippen LogP contribution in [0.25, 0.3) is 11.4 Å². The van der Waals surface area contributed by atoms with Gasteiger partial charge in [0, 0.05) is 18.2 Å². The van der Waals surface area contributed by atoms with Gasteiger partial charge in [0.1, 0.15) is 6.54 Å². The lowest BCUT2D eigenvalue weighted by molar-refractivity contribution is -0.138. The van der Waals surface area contributed by atoms with Crippen molar-refractivity contribution in [1.82, 2.24) is 25.1 Å². The summed E-state index contributed by atoms with van der Waals surface area (Å²) in [6.07, 6.45) is 1.49. The summed E-state index contributed by atoms with van der Waals surface area (Å²) in [7, 11) is 0. The maximum Gasteiger partial charge on any atom is 0.246 e. The van der Waals surface area contributed by atoms with E-state index >= 15 is 0 Å². The van der Waals surface area contributed by atoms with E-state index in [1.807, 2.05) is 37.3 Å². The topological polar surface area (TPSA) is 107 Å². The molecule has 0 bridgehead atoms. The van der Waals surface area contributed by atoms with Gasteiger partial charge < -0.3 is 10.6 Å². The summed E-state index contributed by atoms with van der Waals surface area (Å²) in [4.78, 5) is 26.9. The lowest BCUT2D eigenvalue weighted by atomic mass is 9.93. The van der Waals surface area contributed by atoms with Crippen molar-refractivity contribution in [3.8, 4) is 11.4 Å². The highest BCUT2D eigenvalue weighted by Gasteiger charge is 2.31. The van der Waals surface area contributed by atoms with E-state index in [1.165, 1.54) is 4.80 Å². The number of hydrogen-bond donors (Lipinski definition) is 1. The van der Waals surface area contributed by atoms with Gasteiger partial charge in [0.2, 0.25) is 17.6 Å². The number of likely N-dealkylation sites (tertiary alicyclic amines) is 1. The summed E-state index contributed by atoms with van der Waals surface area (Å²) in [5.41, 5.74) is 6.22. The van der Waals surface area contributed by atoms with E-state index in [9.17, 15) is 9.59 Å². The first-order chi connectivity index (χ1) is 11.5. The second kappa shape index (κ2) is 6.77. The number of piperidine rings is 1. The van der Waals surface area contributed by atoms with Crippen LogP contribution >= 0.6 is 0 Å². The van der Waals surface area contributed by atoms with Crippen LogP contribution in [0.15, 0.2) is 30.3 Å². The van der Waals surface area contributed by atoms with Gasteiger partial charge in [-0.2, -0.15) is 4.80 Å². The molecule has 1 aliphatic rings. The predicted molar refractivity (Wildman–Crippen MR) is 86.3 cm³/mol. The maximum atomic E-state index is 12.5. The van der Waals surface area contributed by atoms with Gasteiger partial charge >= 0.3 is 0 Å². The van der Waals surface area contributed by atoms with E-state index in [4.69, 9.17) is 5.73 Å². The predicted octanol–water partition coefficient (Wildman–Crippen LogP) is 0.453. The number of amides is 2. The zero-order chi connectivity index (χ0) is 17.1. The Bertz CT molecular complexity index is 729. The number of benzene rings is 1. The Labute approximate surface area is 139 Å². The molecule has 0 radical (unpaired) electrons. The average Bonchev–Trinajstić information content (AvgIpc) is 3.04. The number of carbonyl (C=O) groups excluding carboxylic acids is 2. The number of aromatic nitrogens is 4. The Morgan fingerprint density at radius 3 is 2.71 bits per heavy atom. The minimum absolute atomic E-state index is 0.00431. The maximum absolute atomic E-state index is 12.5. The zero-order valence-corrected chi connectivity index (χ0v) is 13.5. The Morgan fingerprint density at radius 2 is 2.00 bits per heavy atom. The molecule has 2 N–H and O–H groups in total. The summed E-state index contributed by atoms with van der Waals surface area (Å²) < 4.78 is 0. The van der Waals surface area contributed by atoms with Crippen LogP contribution in [0.3, 0.4) is 0 Å². The Kier molecular flexibility index (Phi) is 4.54. The fraction of sp³-hybridized carbons (Fsp3) is 0.438. The molecule has 2 heterocycles. The molecule has 1 saturated heterocycles. The van der Waals surface area contributed by atoms with Crippen LogP contribution in [0.4, 0.5) is 0 Å². The van der Waals surface area contributed by atoms with Crippen LogP contribution in [0.5, 0.6) is 0 Å². The highest BCUT2D eigenvalue weighted by Crippen LogP contribution is 2.22. The average molecular weight is 328 g/mol. The van der Waals surface area contributed by atoms with Gasteiger partial charge in [-0.25, -0.2) is 0 Å². The molecule has 24 heavy (non-hydrogen) atoms. The van der Waals surface area contributed by atoms with Crippen LogP contribution in [-0.2, 0) is 16.1 Å². The number of nitrogens with two attached hydrogens (primary N) is 1. The molecule has 1 aromatic heterocycles. The largest absolute Gasteiger partial charge is 0.369 e. The van der Waals surface area contributed by atoms with Gasteiger partial charge in [-0.1, -0.05) is 30.3 Å². The molecule has 0 spiro atoms. The zero-order valence-electron chi connectivity index (χ0n) is 13.5. The number of rotatable bonds is 4.